The number of phenolic OH excluding ortho intramolecular Hbond substituents is 1. The molecule has 1 heteroatoms. The monoisotopic (exact) mass is 214 g/mol. The Hall–Kier alpha value is -1.76. The molecule has 0 saturated heterocycles. The first-order valence-corrected chi connectivity index (χ1v) is 5.32. The summed E-state index contributed by atoms with van der Waals surface area (Å²) < 4.78 is 0. The van der Waals surface area contributed by atoms with Crippen LogP contribution in [0, 0.1) is 0 Å². The Morgan fingerprint density at radius 2 is 1.75 bits per heavy atom. The van der Waals surface area contributed by atoms with Gasteiger partial charge < -0.3 is 5.11 Å². The van der Waals surface area contributed by atoms with Gasteiger partial charge in [0.1, 0.15) is 5.75 Å². The second kappa shape index (κ2) is 5.36. The van der Waals surface area contributed by atoms with E-state index in [1.54, 1.807) is 6.07 Å². The van der Waals surface area contributed by atoms with Gasteiger partial charge in [-0.1, -0.05) is 42.5 Å². The van der Waals surface area contributed by atoms with Crippen LogP contribution in [0.3, 0.4) is 0 Å². The standard InChI is InChI=1S/C15H18O/c1-11(2)12(3)9-10-13(4)14-7-5-6-8-15(14)16/h5-10,16H,1H2,2-4H3/b12-9+,13-10+. The first kappa shape index (κ1) is 12.3. The molecular weight excluding hydrogens is 196 g/mol. The molecular formula is C15H18O. The van der Waals surface area contributed by atoms with Crippen LogP contribution in [-0.2, 0) is 0 Å². The molecule has 16 heavy (non-hydrogen) atoms. The molecule has 0 amide bonds. The molecule has 0 radical (unpaired) electrons. The van der Waals surface area contributed by atoms with E-state index in [-0.39, 0.29) is 0 Å². The van der Waals surface area contributed by atoms with Crippen molar-refractivity contribution >= 4 is 5.57 Å². The van der Waals surface area contributed by atoms with Gasteiger partial charge in [0.2, 0.25) is 0 Å². The zero-order valence-electron chi connectivity index (χ0n) is 10.1. The fourth-order valence-corrected chi connectivity index (χ4v) is 1.29. The number of rotatable bonds is 3. The molecule has 0 aliphatic heterocycles. The first-order chi connectivity index (χ1) is 7.52. The molecule has 1 N–H and O–H groups in total. The number of para-hydroxylation sites is 1. The van der Waals surface area contributed by atoms with Gasteiger partial charge in [-0.05, 0) is 38.0 Å². The van der Waals surface area contributed by atoms with E-state index in [9.17, 15) is 5.11 Å². The third-order valence-corrected chi connectivity index (χ3v) is 2.59. The second-order valence-electron chi connectivity index (χ2n) is 4.00. The summed E-state index contributed by atoms with van der Waals surface area (Å²) in [4.78, 5) is 0. The molecule has 84 valence electrons. The predicted octanol–water partition coefficient (Wildman–Crippen LogP) is 4.32. The van der Waals surface area contributed by atoms with Crippen LogP contribution in [0.1, 0.15) is 26.3 Å². The van der Waals surface area contributed by atoms with Crippen LogP contribution in [0.2, 0.25) is 0 Å². The molecule has 0 aliphatic rings. The van der Waals surface area contributed by atoms with Crippen LogP contribution in [0.5, 0.6) is 5.75 Å². The molecule has 1 aromatic rings. The lowest BCUT2D eigenvalue weighted by Crippen LogP contribution is -1.80. The normalized spacial score (nSPS) is 12.7. The Labute approximate surface area is 97.4 Å². The van der Waals surface area contributed by atoms with Crippen LogP contribution in [0.4, 0.5) is 0 Å². The van der Waals surface area contributed by atoms with Crippen molar-refractivity contribution in [2.45, 2.75) is 20.8 Å². The lowest BCUT2D eigenvalue weighted by molar-refractivity contribution is 0.473. The number of phenols is 1. The highest BCUT2D eigenvalue weighted by molar-refractivity contribution is 5.70. The van der Waals surface area contributed by atoms with Gasteiger partial charge in [0.15, 0.2) is 0 Å². The highest BCUT2D eigenvalue weighted by atomic mass is 16.3. The van der Waals surface area contributed by atoms with Crippen molar-refractivity contribution in [2.24, 2.45) is 0 Å². The first-order valence-electron chi connectivity index (χ1n) is 5.32. The van der Waals surface area contributed by atoms with Crippen LogP contribution >= 0.6 is 0 Å². The van der Waals surface area contributed by atoms with Crippen LogP contribution < -0.4 is 0 Å². The van der Waals surface area contributed by atoms with Gasteiger partial charge in [-0.3, -0.25) is 0 Å². The Kier molecular flexibility index (Phi) is 4.12. The number of hydrogen-bond donors (Lipinski definition) is 1. The average Bonchev–Trinajstić information content (AvgIpc) is 2.25. The summed E-state index contributed by atoms with van der Waals surface area (Å²) in [6, 6.07) is 7.34. The molecule has 0 aliphatic carbocycles. The highest BCUT2D eigenvalue weighted by Gasteiger charge is 2.00. The summed E-state index contributed by atoms with van der Waals surface area (Å²) >= 11 is 0. The number of allylic oxidation sites excluding steroid dienone is 5. The molecule has 0 heterocycles. The number of hydrogen-bond acceptors (Lipinski definition) is 1. The largest absolute Gasteiger partial charge is 0.507 e. The van der Waals surface area contributed by atoms with Gasteiger partial charge in [-0.25, -0.2) is 0 Å². The molecule has 1 nitrogen and oxygen atoms in total. The Bertz CT molecular complexity index is 450. The maximum Gasteiger partial charge on any atom is 0.123 e. The summed E-state index contributed by atoms with van der Waals surface area (Å²) in [6.45, 7) is 9.87. The number of aromatic hydroxyl groups is 1. The Morgan fingerprint density at radius 1 is 1.12 bits per heavy atom. The van der Waals surface area contributed by atoms with E-state index in [0.29, 0.717) is 5.75 Å². The summed E-state index contributed by atoms with van der Waals surface area (Å²) in [6.07, 6.45) is 4.02. The van der Waals surface area contributed by atoms with E-state index in [4.69, 9.17) is 0 Å². The van der Waals surface area contributed by atoms with Gasteiger partial charge in [0.25, 0.3) is 0 Å². The minimum absolute atomic E-state index is 0.317. The Morgan fingerprint density at radius 3 is 2.31 bits per heavy atom. The third kappa shape index (κ3) is 3.13. The maximum absolute atomic E-state index is 9.68. The fraction of sp³-hybridized carbons (Fsp3) is 0.200. The van der Waals surface area contributed by atoms with Gasteiger partial charge in [-0.15, -0.1) is 0 Å². The quantitative estimate of drug-likeness (QED) is 0.743. The van der Waals surface area contributed by atoms with E-state index in [0.717, 1.165) is 22.3 Å². The molecule has 0 spiro atoms. The Balaban J connectivity index is 2.99. The van der Waals surface area contributed by atoms with Crippen molar-refractivity contribution in [1.82, 2.24) is 0 Å². The van der Waals surface area contributed by atoms with E-state index in [2.05, 4.69) is 6.58 Å². The van der Waals surface area contributed by atoms with E-state index in [1.807, 2.05) is 51.1 Å². The average molecular weight is 214 g/mol. The topological polar surface area (TPSA) is 20.2 Å². The minimum Gasteiger partial charge on any atom is -0.507 e. The van der Waals surface area contributed by atoms with Crippen molar-refractivity contribution in [2.75, 3.05) is 0 Å². The van der Waals surface area contributed by atoms with Crippen molar-refractivity contribution in [3.8, 4) is 5.75 Å². The van der Waals surface area contributed by atoms with Crippen LogP contribution in [-0.4, -0.2) is 5.11 Å². The van der Waals surface area contributed by atoms with Gasteiger partial charge in [0, 0.05) is 5.56 Å². The van der Waals surface area contributed by atoms with Crippen LogP contribution in [0.25, 0.3) is 5.57 Å². The fourth-order valence-electron chi connectivity index (χ4n) is 1.29. The smallest absolute Gasteiger partial charge is 0.123 e. The lowest BCUT2D eigenvalue weighted by Gasteiger charge is -2.03. The minimum atomic E-state index is 0.317. The highest BCUT2D eigenvalue weighted by Crippen LogP contribution is 2.24. The molecule has 1 aromatic carbocycles. The van der Waals surface area contributed by atoms with Crippen molar-refractivity contribution in [3.05, 3.63) is 59.7 Å². The number of benzene rings is 1. The molecule has 0 bridgehead atoms. The zero-order valence-corrected chi connectivity index (χ0v) is 10.1. The van der Waals surface area contributed by atoms with E-state index in [1.165, 1.54) is 0 Å². The maximum atomic E-state index is 9.68. The molecule has 1 rings (SSSR count). The predicted molar refractivity (Wildman–Crippen MR) is 70.3 cm³/mol. The molecule has 0 unspecified atom stereocenters. The van der Waals surface area contributed by atoms with E-state index < -0.39 is 0 Å². The van der Waals surface area contributed by atoms with Gasteiger partial charge in [0.05, 0.1) is 0 Å². The summed E-state index contributed by atoms with van der Waals surface area (Å²) in [5.74, 6) is 0.317. The molecule has 0 aromatic heterocycles. The SMILES string of the molecule is C=C(C)/C(C)=C/C=C(\C)c1ccccc1O. The summed E-state index contributed by atoms with van der Waals surface area (Å²) in [5, 5.41) is 9.68. The second-order valence-corrected chi connectivity index (χ2v) is 4.00. The molecule has 0 saturated carbocycles. The summed E-state index contributed by atoms with van der Waals surface area (Å²) in [5.41, 5.74) is 4.11. The van der Waals surface area contributed by atoms with Crippen LogP contribution in [0.15, 0.2) is 54.1 Å². The van der Waals surface area contributed by atoms with E-state index >= 15 is 0 Å². The third-order valence-electron chi connectivity index (χ3n) is 2.59. The van der Waals surface area contributed by atoms with Crippen molar-refractivity contribution in [3.63, 3.8) is 0 Å². The molecule has 0 fully saturated rings. The lowest BCUT2D eigenvalue weighted by atomic mass is 10.0. The zero-order chi connectivity index (χ0) is 12.1. The van der Waals surface area contributed by atoms with Crippen molar-refractivity contribution < 1.29 is 5.11 Å². The summed E-state index contributed by atoms with van der Waals surface area (Å²) in [7, 11) is 0. The van der Waals surface area contributed by atoms with Gasteiger partial charge >= 0.3 is 0 Å². The van der Waals surface area contributed by atoms with Gasteiger partial charge in [-0.2, -0.15) is 0 Å². The van der Waals surface area contributed by atoms with Crippen molar-refractivity contribution in [1.29, 1.82) is 0 Å². The molecule has 0 atom stereocenters.